The fourth-order valence-corrected chi connectivity index (χ4v) is 4.74. The minimum Gasteiger partial charge on any atom is -0.294 e. The standard InChI is InChI=1S/C14H20O/c1-2-3-13(15)14-7-10-4-11(8-14)6-12(5-10)9-14/h2-3,10-12H,4-9H2,1H3. The molecule has 0 unspecified atom stereocenters. The van der Waals surface area contributed by atoms with Gasteiger partial charge in [0, 0.05) is 5.41 Å². The lowest BCUT2D eigenvalue weighted by Gasteiger charge is -2.55. The van der Waals surface area contributed by atoms with Crippen LogP contribution in [0.15, 0.2) is 12.2 Å². The largest absolute Gasteiger partial charge is 0.294 e. The van der Waals surface area contributed by atoms with Gasteiger partial charge in [-0.1, -0.05) is 6.08 Å². The Hall–Kier alpha value is -0.590. The molecule has 4 aliphatic carbocycles. The molecule has 4 bridgehead atoms. The number of carbonyl (C=O) groups excluding carboxylic acids is 1. The van der Waals surface area contributed by atoms with Gasteiger partial charge in [0.15, 0.2) is 5.78 Å². The molecule has 4 aliphatic rings. The van der Waals surface area contributed by atoms with Crippen molar-refractivity contribution in [1.29, 1.82) is 0 Å². The monoisotopic (exact) mass is 204 g/mol. The molecule has 0 N–H and O–H groups in total. The number of hydrogen-bond acceptors (Lipinski definition) is 1. The highest BCUT2D eigenvalue weighted by Crippen LogP contribution is 2.60. The van der Waals surface area contributed by atoms with Gasteiger partial charge in [0.1, 0.15) is 0 Å². The first kappa shape index (κ1) is 9.62. The highest BCUT2D eigenvalue weighted by molar-refractivity contribution is 5.95. The van der Waals surface area contributed by atoms with E-state index >= 15 is 0 Å². The molecule has 1 nitrogen and oxygen atoms in total. The highest BCUT2D eigenvalue weighted by atomic mass is 16.1. The minimum absolute atomic E-state index is 0.0846. The van der Waals surface area contributed by atoms with Gasteiger partial charge in [-0.3, -0.25) is 4.79 Å². The zero-order chi connectivity index (χ0) is 10.5. The van der Waals surface area contributed by atoms with Crippen LogP contribution in [0.25, 0.3) is 0 Å². The average molecular weight is 204 g/mol. The quantitative estimate of drug-likeness (QED) is 0.630. The fourth-order valence-electron chi connectivity index (χ4n) is 4.74. The summed E-state index contributed by atoms with van der Waals surface area (Å²) in [6.07, 6.45) is 11.6. The zero-order valence-corrected chi connectivity index (χ0v) is 9.54. The third-order valence-corrected chi connectivity index (χ3v) is 4.88. The van der Waals surface area contributed by atoms with Crippen molar-refractivity contribution in [2.45, 2.75) is 45.4 Å². The van der Waals surface area contributed by atoms with Crippen LogP contribution < -0.4 is 0 Å². The van der Waals surface area contributed by atoms with Gasteiger partial charge in [0.2, 0.25) is 0 Å². The van der Waals surface area contributed by atoms with E-state index in [9.17, 15) is 4.79 Å². The van der Waals surface area contributed by atoms with Crippen LogP contribution in [0, 0.1) is 23.2 Å². The lowest BCUT2D eigenvalue weighted by molar-refractivity contribution is -0.138. The van der Waals surface area contributed by atoms with Crippen molar-refractivity contribution in [3.8, 4) is 0 Å². The SMILES string of the molecule is CC=CC(=O)C12CC3CC(CC(C3)C1)C2. The van der Waals surface area contributed by atoms with E-state index in [-0.39, 0.29) is 5.41 Å². The van der Waals surface area contributed by atoms with Crippen LogP contribution in [-0.2, 0) is 4.79 Å². The van der Waals surface area contributed by atoms with Crippen molar-refractivity contribution in [2.75, 3.05) is 0 Å². The van der Waals surface area contributed by atoms with Crippen LogP contribution in [-0.4, -0.2) is 5.78 Å². The van der Waals surface area contributed by atoms with Crippen LogP contribution in [0.4, 0.5) is 0 Å². The predicted octanol–water partition coefficient (Wildman–Crippen LogP) is 3.35. The van der Waals surface area contributed by atoms with Gasteiger partial charge in [-0.25, -0.2) is 0 Å². The average Bonchev–Trinajstić information content (AvgIpc) is 2.15. The number of hydrogen-bond donors (Lipinski definition) is 0. The van der Waals surface area contributed by atoms with Gasteiger partial charge >= 0.3 is 0 Å². The molecule has 0 spiro atoms. The van der Waals surface area contributed by atoms with Crippen LogP contribution in [0.3, 0.4) is 0 Å². The van der Waals surface area contributed by atoms with E-state index in [1.165, 1.54) is 38.5 Å². The van der Waals surface area contributed by atoms with Crippen molar-refractivity contribution in [1.82, 2.24) is 0 Å². The third kappa shape index (κ3) is 1.39. The molecule has 1 heteroatoms. The fraction of sp³-hybridized carbons (Fsp3) is 0.786. The van der Waals surface area contributed by atoms with Crippen LogP contribution in [0.1, 0.15) is 45.4 Å². The van der Waals surface area contributed by atoms with Crippen molar-refractivity contribution in [3.05, 3.63) is 12.2 Å². The summed E-state index contributed by atoms with van der Waals surface area (Å²) in [7, 11) is 0. The summed E-state index contributed by atoms with van der Waals surface area (Å²) in [6.45, 7) is 1.96. The van der Waals surface area contributed by atoms with E-state index in [1.54, 1.807) is 0 Å². The lowest BCUT2D eigenvalue weighted by atomic mass is 9.48. The van der Waals surface area contributed by atoms with Crippen LogP contribution in [0.5, 0.6) is 0 Å². The molecule has 0 radical (unpaired) electrons. The first-order valence-electron chi connectivity index (χ1n) is 6.39. The number of ketones is 1. The molecular formula is C14H20O. The molecule has 0 aromatic rings. The van der Waals surface area contributed by atoms with E-state index in [0.29, 0.717) is 5.78 Å². The first-order chi connectivity index (χ1) is 7.22. The van der Waals surface area contributed by atoms with Crippen molar-refractivity contribution >= 4 is 5.78 Å². The Balaban J connectivity index is 1.89. The predicted molar refractivity (Wildman–Crippen MR) is 60.4 cm³/mol. The molecule has 15 heavy (non-hydrogen) atoms. The van der Waals surface area contributed by atoms with E-state index < -0.39 is 0 Å². The maximum absolute atomic E-state index is 12.2. The van der Waals surface area contributed by atoms with Crippen LogP contribution >= 0.6 is 0 Å². The molecule has 0 aliphatic heterocycles. The summed E-state index contributed by atoms with van der Waals surface area (Å²) < 4.78 is 0. The second kappa shape index (κ2) is 3.20. The number of allylic oxidation sites excluding steroid dienone is 2. The third-order valence-electron chi connectivity index (χ3n) is 4.88. The van der Waals surface area contributed by atoms with Gasteiger partial charge in [0.25, 0.3) is 0 Å². The van der Waals surface area contributed by atoms with Gasteiger partial charge < -0.3 is 0 Å². The summed E-state index contributed by atoms with van der Waals surface area (Å²) in [5.74, 6) is 3.07. The number of carbonyl (C=O) groups is 1. The molecule has 0 amide bonds. The molecule has 0 heterocycles. The Labute approximate surface area is 91.9 Å². The minimum atomic E-state index is 0.0846. The Morgan fingerprint density at radius 3 is 1.93 bits per heavy atom. The lowest BCUT2D eigenvalue weighted by Crippen LogP contribution is -2.49. The molecule has 4 rings (SSSR count). The van der Waals surface area contributed by atoms with E-state index in [1.807, 2.05) is 19.1 Å². The summed E-state index contributed by atoms with van der Waals surface area (Å²) in [5, 5.41) is 0. The number of rotatable bonds is 2. The normalized spacial score (nSPS) is 47.7. The van der Waals surface area contributed by atoms with E-state index in [2.05, 4.69) is 0 Å². The zero-order valence-electron chi connectivity index (χ0n) is 9.54. The second-order valence-corrected chi connectivity index (χ2v) is 6.06. The van der Waals surface area contributed by atoms with Crippen molar-refractivity contribution in [3.63, 3.8) is 0 Å². The van der Waals surface area contributed by atoms with E-state index in [4.69, 9.17) is 0 Å². The van der Waals surface area contributed by atoms with Gasteiger partial charge in [0.05, 0.1) is 0 Å². The summed E-state index contributed by atoms with van der Waals surface area (Å²) in [6, 6.07) is 0. The Kier molecular flexibility index (Phi) is 2.05. The molecule has 0 saturated heterocycles. The maximum Gasteiger partial charge on any atom is 0.161 e. The first-order valence-corrected chi connectivity index (χ1v) is 6.39. The highest BCUT2D eigenvalue weighted by Gasteiger charge is 2.53. The molecule has 4 fully saturated rings. The smallest absolute Gasteiger partial charge is 0.161 e. The Bertz CT molecular complexity index is 278. The molecule has 0 atom stereocenters. The summed E-state index contributed by atoms with van der Waals surface area (Å²) in [4.78, 5) is 12.2. The Morgan fingerprint density at radius 2 is 1.53 bits per heavy atom. The van der Waals surface area contributed by atoms with Gasteiger partial charge in [-0.15, -0.1) is 0 Å². The summed E-state index contributed by atoms with van der Waals surface area (Å²) >= 11 is 0. The van der Waals surface area contributed by atoms with E-state index in [0.717, 1.165) is 17.8 Å². The second-order valence-electron chi connectivity index (χ2n) is 6.06. The molecule has 4 saturated carbocycles. The van der Waals surface area contributed by atoms with Crippen molar-refractivity contribution in [2.24, 2.45) is 23.2 Å². The molecular weight excluding hydrogens is 184 g/mol. The van der Waals surface area contributed by atoms with Gasteiger partial charge in [-0.05, 0) is 69.3 Å². The molecule has 0 aromatic heterocycles. The molecule has 82 valence electrons. The topological polar surface area (TPSA) is 17.1 Å². The maximum atomic E-state index is 12.2. The summed E-state index contributed by atoms with van der Waals surface area (Å²) in [5.41, 5.74) is 0.0846. The van der Waals surface area contributed by atoms with Crippen LogP contribution in [0.2, 0.25) is 0 Å². The molecule has 0 aromatic carbocycles. The Morgan fingerprint density at radius 1 is 1.07 bits per heavy atom. The van der Waals surface area contributed by atoms with Crippen molar-refractivity contribution < 1.29 is 4.79 Å². The van der Waals surface area contributed by atoms with Gasteiger partial charge in [-0.2, -0.15) is 0 Å².